The molecule has 0 heterocycles. The van der Waals surface area contributed by atoms with Crippen molar-refractivity contribution in [2.45, 2.75) is 6.04 Å². The van der Waals surface area contributed by atoms with Crippen molar-refractivity contribution in [3.05, 3.63) is 67.6 Å². The highest BCUT2D eigenvalue weighted by Gasteiger charge is 2.24. The highest BCUT2D eigenvalue weighted by atomic mass is 79.9. The van der Waals surface area contributed by atoms with Gasteiger partial charge in [-0.05, 0) is 34.1 Å². The molecule has 3 N–H and O–H groups in total. The average Bonchev–Trinajstić information content (AvgIpc) is 2.42. The predicted octanol–water partition coefficient (Wildman–Crippen LogP) is 4.59. The molecule has 2 aromatic rings. The lowest BCUT2D eigenvalue weighted by Gasteiger charge is -2.20. The number of halogens is 5. The molecule has 0 saturated carbocycles. The first kappa shape index (κ1) is 15.7. The van der Waals surface area contributed by atoms with E-state index in [0.717, 1.165) is 0 Å². The molecule has 0 amide bonds. The van der Waals surface area contributed by atoms with Crippen LogP contribution in [0, 0.1) is 11.6 Å². The first-order chi connectivity index (χ1) is 9.47. The molecule has 2 nitrogen and oxygen atoms in total. The summed E-state index contributed by atoms with van der Waals surface area (Å²) in [5.74, 6) is 4.16. The third-order valence-electron chi connectivity index (χ3n) is 2.83. The molecule has 2 rings (SSSR count). The van der Waals surface area contributed by atoms with E-state index in [4.69, 9.17) is 29.0 Å². The van der Waals surface area contributed by atoms with E-state index in [1.807, 2.05) is 0 Å². The van der Waals surface area contributed by atoms with E-state index in [1.54, 1.807) is 6.07 Å². The minimum absolute atomic E-state index is 0.0638. The van der Waals surface area contributed by atoms with Crippen LogP contribution in [0.2, 0.25) is 10.0 Å². The SMILES string of the molecule is NNC(c1ccc(Br)c(Cl)c1F)c1c(F)cccc1Cl. The molecule has 0 aliphatic rings. The van der Waals surface area contributed by atoms with Gasteiger partial charge in [-0.1, -0.05) is 35.3 Å². The van der Waals surface area contributed by atoms with Gasteiger partial charge >= 0.3 is 0 Å². The van der Waals surface area contributed by atoms with Crippen molar-refractivity contribution in [2.24, 2.45) is 5.84 Å². The first-order valence-electron chi connectivity index (χ1n) is 5.50. The van der Waals surface area contributed by atoms with E-state index < -0.39 is 17.7 Å². The Morgan fingerprint density at radius 2 is 1.85 bits per heavy atom. The van der Waals surface area contributed by atoms with Crippen LogP contribution in [0.15, 0.2) is 34.8 Å². The van der Waals surface area contributed by atoms with Crippen LogP contribution in [0.5, 0.6) is 0 Å². The van der Waals surface area contributed by atoms with Gasteiger partial charge in [0.25, 0.3) is 0 Å². The van der Waals surface area contributed by atoms with Crippen LogP contribution >= 0.6 is 39.1 Å². The zero-order valence-corrected chi connectivity index (χ0v) is 13.0. The molecule has 0 aliphatic carbocycles. The molecular formula is C13H9BrCl2F2N2. The van der Waals surface area contributed by atoms with Gasteiger partial charge in [0.05, 0.1) is 11.1 Å². The Hall–Kier alpha value is -0.720. The molecule has 2 aromatic carbocycles. The van der Waals surface area contributed by atoms with Gasteiger partial charge in [0, 0.05) is 20.6 Å². The minimum Gasteiger partial charge on any atom is -0.271 e. The molecule has 0 bridgehead atoms. The van der Waals surface area contributed by atoms with Crippen LogP contribution < -0.4 is 11.3 Å². The molecule has 1 atom stereocenters. The van der Waals surface area contributed by atoms with Gasteiger partial charge in [-0.15, -0.1) is 0 Å². The summed E-state index contributed by atoms with van der Waals surface area (Å²) >= 11 is 14.9. The fourth-order valence-corrected chi connectivity index (χ4v) is 2.63. The van der Waals surface area contributed by atoms with Gasteiger partial charge in [0.1, 0.15) is 11.6 Å². The Kier molecular flexibility index (Phi) is 4.99. The van der Waals surface area contributed by atoms with Crippen LogP contribution in [0.4, 0.5) is 8.78 Å². The predicted molar refractivity (Wildman–Crippen MR) is 79.7 cm³/mol. The number of hydrazine groups is 1. The summed E-state index contributed by atoms with van der Waals surface area (Å²) in [6, 6.07) is 6.25. The van der Waals surface area contributed by atoms with Crippen molar-refractivity contribution in [1.82, 2.24) is 5.43 Å². The molecule has 0 saturated heterocycles. The summed E-state index contributed by atoms with van der Waals surface area (Å²) in [6.45, 7) is 0. The summed E-state index contributed by atoms with van der Waals surface area (Å²) in [5, 5.41) is 0.0432. The van der Waals surface area contributed by atoms with Gasteiger partial charge in [-0.25, -0.2) is 14.2 Å². The van der Waals surface area contributed by atoms with Gasteiger partial charge in [0.15, 0.2) is 0 Å². The maximum absolute atomic E-state index is 14.2. The molecule has 0 aliphatic heterocycles. The van der Waals surface area contributed by atoms with E-state index in [-0.39, 0.29) is 21.2 Å². The Balaban J connectivity index is 2.62. The monoisotopic (exact) mass is 380 g/mol. The topological polar surface area (TPSA) is 38.0 Å². The fraction of sp³-hybridized carbons (Fsp3) is 0.0769. The Morgan fingerprint density at radius 1 is 1.15 bits per heavy atom. The lowest BCUT2D eigenvalue weighted by atomic mass is 9.98. The normalized spacial score (nSPS) is 12.5. The molecule has 0 spiro atoms. The van der Waals surface area contributed by atoms with E-state index >= 15 is 0 Å². The Bertz CT molecular complexity index is 632. The summed E-state index contributed by atoms with van der Waals surface area (Å²) in [6.07, 6.45) is 0. The Morgan fingerprint density at radius 3 is 2.45 bits per heavy atom. The van der Waals surface area contributed by atoms with Gasteiger partial charge < -0.3 is 0 Å². The highest BCUT2D eigenvalue weighted by molar-refractivity contribution is 9.10. The van der Waals surface area contributed by atoms with Crippen molar-refractivity contribution in [2.75, 3.05) is 0 Å². The average molecular weight is 382 g/mol. The minimum atomic E-state index is -0.950. The number of rotatable bonds is 3. The maximum Gasteiger partial charge on any atom is 0.148 e. The van der Waals surface area contributed by atoms with E-state index in [0.29, 0.717) is 4.47 Å². The smallest absolute Gasteiger partial charge is 0.148 e. The molecule has 0 radical (unpaired) electrons. The summed E-state index contributed by atoms with van der Waals surface area (Å²) in [5.41, 5.74) is 2.53. The highest BCUT2D eigenvalue weighted by Crippen LogP contribution is 2.35. The van der Waals surface area contributed by atoms with Crippen molar-refractivity contribution in [3.63, 3.8) is 0 Å². The molecule has 20 heavy (non-hydrogen) atoms. The van der Waals surface area contributed by atoms with E-state index in [9.17, 15) is 8.78 Å². The standard InChI is InChI=1S/C13H9BrCl2F2N2/c14-7-5-4-6(12(18)11(7)16)13(20-19)10-8(15)2-1-3-9(10)17/h1-5,13,20H,19H2. The second kappa shape index (κ2) is 6.37. The summed E-state index contributed by atoms with van der Waals surface area (Å²) < 4.78 is 28.6. The van der Waals surface area contributed by atoms with Gasteiger partial charge in [-0.3, -0.25) is 5.84 Å². The van der Waals surface area contributed by atoms with Crippen molar-refractivity contribution in [3.8, 4) is 0 Å². The summed E-state index contributed by atoms with van der Waals surface area (Å²) in [4.78, 5) is 0. The van der Waals surface area contributed by atoms with Crippen LogP contribution in [0.3, 0.4) is 0 Å². The lowest BCUT2D eigenvalue weighted by molar-refractivity contribution is 0.531. The van der Waals surface area contributed by atoms with Crippen molar-refractivity contribution < 1.29 is 8.78 Å². The Labute approximate surface area is 133 Å². The van der Waals surface area contributed by atoms with E-state index in [1.165, 1.54) is 24.3 Å². The van der Waals surface area contributed by atoms with E-state index in [2.05, 4.69) is 21.4 Å². The maximum atomic E-state index is 14.2. The molecule has 106 valence electrons. The zero-order valence-electron chi connectivity index (χ0n) is 9.93. The van der Waals surface area contributed by atoms with Crippen LogP contribution in [-0.4, -0.2) is 0 Å². The third-order valence-corrected chi connectivity index (χ3v) is 4.42. The second-order valence-electron chi connectivity index (χ2n) is 4.00. The molecule has 0 fully saturated rings. The van der Waals surface area contributed by atoms with Crippen LogP contribution in [-0.2, 0) is 0 Å². The molecule has 1 unspecified atom stereocenters. The zero-order chi connectivity index (χ0) is 14.9. The summed E-state index contributed by atoms with van der Waals surface area (Å²) in [7, 11) is 0. The largest absolute Gasteiger partial charge is 0.271 e. The lowest BCUT2D eigenvalue weighted by Crippen LogP contribution is -2.30. The number of nitrogens with two attached hydrogens (primary N) is 1. The number of hydrogen-bond donors (Lipinski definition) is 2. The van der Waals surface area contributed by atoms with Crippen LogP contribution in [0.1, 0.15) is 17.2 Å². The van der Waals surface area contributed by atoms with Crippen LogP contribution in [0.25, 0.3) is 0 Å². The van der Waals surface area contributed by atoms with Gasteiger partial charge in [-0.2, -0.15) is 0 Å². The molecular weight excluding hydrogens is 373 g/mol. The number of hydrogen-bond acceptors (Lipinski definition) is 2. The molecule has 0 aromatic heterocycles. The van der Waals surface area contributed by atoms with Crippen molar-refractivity contribution >= 4 is 39.1 Å². The second-order valence-corrected chi connectivity index (χ2v) is 5.64. The van der Waals surface area contributed by atoms with Gasteiger partial charge in [0.2, 0.25) is 0 Å². The number of nitrogens with one attached hydrogen (secondary N) is 1. The first-order valence-corrected chi connectivity index (χ1v) is 7.05. The number of benzene rings is 2. The fourth-order valence-electron chi connectivity index (χ4n) is 1.88. The third kappa shape index (κ3) is 2.82. The molecule has 7 heteroatoms. The van der Waals surface area contributed by atoms with Crippen molar-refractivity contribution in [1.29, 1.82) is 0 Å². The quantitative estimate of drug-likeness (QED) is 0.463.